The average molecular weight is 287 g/mol. The maximum Gasteiger partial charge on any atom is 0.312 e. The van der Waals surface area contributed by atoms with Crippen LogP contribution in [0.4, 0.5) is 8.78 Å². The number of rotatable bonds is 2. The van der Waals surface area contributed by atoms with Gasteiger partial charge in [-0.15, -0.1) is 0 Å². The number of hydrogen-bond donors (Lipinski definition) is 0. The Labute approximate surface area is 111 Å². The Hall–Kier alpha value is -1.60. The molecule has 2 atom stereocenters. The first-order chi connectivity index (χ1) is 9.10. The van der Waals surface area contributed by atoms with Crippen molar-refractivity contribution < 1.29 is 13.5 Å². The Morgan fingerprint density at radius 2 is 2.21 bits per heavy atom. The molecule has 0 aromatic carbocycles. The van der Waals surface area contributed by atoms with Crippen molar-refractivity contribution in [1.29, 1.82) is 0 Å². The molecular weight excluding hydrogens is 278 g/mol. The molecule has 2 aromatic heterocycles. The van der Waals surface area contributed by atoms with Crippen LogP contribution < -0.4 is 0 Å². The fraction of sp³-hybridized carbons (Fsp3) is 0.364. The first-order valence-corrected chi connectivity index (χ1v) is 6.06. The molecule has 100 valence electrons. The maximum absolute atomic E-state index is 13.8. The molecule has 0 spiro atoms. The lowest BCUT2D eigenvalue weighted by atomic mass is 10.3. The molecule has 0 aliphatic carbocycles. The molecule has 2 unspecified atom stereocenters. The van der Waals surface area contributed by atoms with Crippen molar-refractivity contribution >= 4 is 22.8 Å². The predicted molar refractivity (Wildman–Crippen MR) is 63.7 cm³/mol. The van der Waals surface area contributed by atoms with Gasteiger partial charge in [-0.3, -0.25) is 4.57 Å². The van der Waals surface area contributed by atoms with Crippen LogP contribution in [0, 0.1) is 6.08 Å². The summed E-state index contributed by atoms with van der Waals surface area (Å²) < 4.78 is 33.8. The second-order valence-electron chi connectivity index (χ2n) is 4.09. The van der Waals surface area contributed by atoms with E-state index >= 15 is 0 Å². The molecule has 0 fully saturated rings. The van der Waals surface area contributed by atoms with Gasteiger partial charge < -0.3 is 4.74 Å². The maximum atomic E-state index is 13.8. The summed E-state index contributed by atoms with van der Waals surface area (Å²) >= 11 is 5.76. The monoisotopic (exact) mass is 286 g/mol. The van der Waals surface area contributed by atoms with E-state index < -0.39 is 18.1 Å². The van der Waals surface area contributed by atoms with Gasteiger partial charge in [0.1, 0.15) is 11.3 Å². The summed E-state index contributed by atoms with van der Waals surface area (Å²) in [4.78, 5) is 10.9. The molecule has 1 aliphatic rings. The lowest BCUT2D eigenvalue weighted by molar-refractivity contribution is 0.00479. The van der Waals surface area contributed by atoms with Gasteiger partial charge in [-0.2, -0.15) is 14.4 Å². The third kappa shape index (κ3) is 1.98. The van der Waals surface area contributed by atoms with E-state index in [2.05, 4.69) is 15.0 Å². The minimum atomic E-state index is -0.992. The van der Waals surface area contributed by atoms with Crippen LogP contribution in [0.1, 0.15) is 19.6 Å². The standard InChI is InChI=1S/C11H9ClF2N4O/c1-2-5-3-6(13)10(19-5)18-4-15-7-8(12)16-11(14)17-9(7)18/h3-5,10H,2H2,1H3. The molecule has 3 rings (SSSR count). The number of halogens is 3. The van der Waals surface area contributed by atoms with Gasteiger partial charge >= 0.3 is 6.08 Å². The minimum absolute atomic E-state index is 0.0998. The zero-order valence-corrected chi connectivity index (χ0v) is 10.6. The van der Waals surface area contributed by atoms with Crippen molar-refractivity contribution in [3.63, 3.8) is 0 Å². The number of fused-ring (bicyclic) bond motifs is 1. The van der Waals surface area contributed by atoms with Gasteiger partial charge in [0.25, 0.3) is 0 Å². The van der Waals surface area contributed by atoms with Crippen LogP contribution in [-0.4, -0.2) is 25.6 Å². The zero-order valence-electron chi connectivity index (χ0n) is 9.85. The van der Waals surface area contributed by atoms with Crippen molar-refractivity contribution in [3.05, 3.63) is 29.5 Å². The van der Waals surface area contributed by atoms with Crippen LogP contribution in [0.25, 0.3) is 11.2 Å². The first-order valence-electron chi connectivity index (χ1n) is 5.68. The van der Waals surface area contributed by atoms with Gasteiger partial charge in [0, 0.05) is 0 Å². The molecule has 0 amide bonds. The van der Waals surface area contributed by atoms with Gasteiger partial charge in [0.2, 0.25) is 0 Å². The average Bonchev–Trinajstić information content (AvgIpc) is 2.92. The molecular formula is C11H9ClF2N4O. The molecule has 5 nitrogen and oxygen atoms in total. The highest BCUT2D eigenvalue weighted by Crippen LogP contribution is 2.33. The second-order valence-corrected chi connectivity index (χ2v) is 4.45. The molecule has 0 bridgehead atoms. The number of ether oxygens (including phenoxy) is 1. The topological polar surface area (TPSA) is 52.8 Å². The van der Waals surface area contributed by atoms with Gasteiger partial charge in [-0.25, -0.2) is 9.37 Å². The van der Waals surface area contributed by atoms with Crippen molar-refractivity contribution in [2.75, 3.05) is 0 Å². The van der Waals surface area contributed by atoms with Crippen molar-refractivity contribution in [3.8, 4) is 0 Å². The minimum Gasteiger partial charge on any atom is -0.344 e. The first kappa shape index (κ1) is 12.4. The van der Waals surface area contributed by atoms with Crippen molar-refractivity contribution in [2.45, 2.75) is 25.7 Å². The van der Waals surface area contributed by atoms with E-state index in [4.69, 9.17) is 16.3 Å². The lowest BCUT2D eigenvalue weighted by Gasteiger charge is -2.14. The molecule has 1 aliphatic heterocycles. The molecule has 0 radical (unpaired) electrons. The summed E-state index contributed by atoms with van der Waals surface area (Å²) in [6.45, 7) is 1.88. The summed E-state index contributed by atoms with van der Waals surface area (Å²) in [5.74, 6) is -0.457. The largest absolute Gasteiger partial charge is 0.344 e. The van der Waals surface area contributed by atoms with Crippen LogP contribution in [-0.2, 0) is 4.74 Å². The number of hydrogen-bond acceptors (Lipinski definition) is 4. The Morgan fingerprint density at radius 3 is 2.89 bits per heavy atom. The van der Waals surface area contributed by atoms with Crippen LogP contribution in [0.15, 0.2) is 18.2 Å². The molecule has 2 aromatic rings. The van der Waals surface area contributed by atoms with E-state index in [9.17, 15) is 8.78 Å². The Kier molecular flexibility index (Phi) is 2.94. The Bertz CT molecular complexity index is 672. The fourth-order valence-electron chi connectivity index (χ4n) is 1.97. The van der Waals surface area contributed by atoms with E-state index in [1.54, 1.807) is 0 Å². The summed E-state index contributed by atoms with van der Waals surface area (Å²) in [5.41, 5.74) is 0.308. The highest BCUT2D eigenvalue weighted by molar-refractivity contribution is 6.33. The predicted octanol–water partition coefficient (Wildman–Crippen LogP) is 2.78. The number of imidazole rings is 1. The lowest BCUT2D eigenvalue weighted by Crippen LogP contribution is -2.13. The van der Waals surface area contributed by atoms with Gasteiger partial charge in [-0.05, 0) is 12.5 Å². The van der Waals surface area contributed by atoms with E-state index in [0.717, 1.165) is 0 Å². The molecule has 3 heterocycles. The summed E-state index contributed by atoms with van der Waals surface area (Å²) in [6, 6.07) is 0. The zero-order chi connectivity index (χ0) is 13.6. The van der Waals surface area contributed by atoms with E-state index in [1.807, 2.05) is 6.92 Å². The molecule has 19 heavy (non-hydrogen) atoms. The SMILES string of the molecule is CCC1C=C(F)C(n2cnc3c(Cl)nc(F)nc32)O1. The Morgan fingerprint density at radius 1 is 1.42 bits per heavy atom. The van der Waals surface area contributed by atoms with Crippen LogP contribution in [0.2, 0.25) is 5.15 Å². The smallest absolute Gasteiger partial charge is 0.312 e. The summed E-state index contributed by atoms with van der Waals surface area (Å²) in [5, 5.41) is -0.115. The fourth-order valence-corrected chi connectivity index (χ4v) is 2.17. The molecule has 0 N–H and O–H groups in total. The second kappa shape index (κ2) is 4.50. The van der Waals surface area contributed by atoms with E-state index in [1.165, 1.54) is 17.0 Å². The van der Waals surface area contributed by atoms with E-state index in [-0.39, 0.29) is 22.4 Å². The highest BCUT2D eigenvalue weighted by atomic mass is 35.5. The molecule has 0 saturated carbocycles. The third-order valence-corrected chi connectivity index (χ3v) is 3.15. The van der Waals surface area contributed by atoms with Gasteiger partial charge in [-0.1, -0.05) is 18.5 Å². The highest BCUT2D eigenvalue weighted by Gasteiger charge is 2.30. The van der Waals surface area contributed by atoms with Crippen molar-refractivity contribution in [1.82, 2.24) is 19.5 Å². The molecule has 0 saturated heterocycles. The quantitative estimate of drug-likeness (QED) is 0.629. The van der Waals surface area contributed by atoms with Crippen LogP contribution in [0.3, 0.4) is 0 Å². The number of nitrogens with zero attached hydrogens (tertiary/aromatic N) is 4. The van der Waals surface area contributed by atoms with Crippen LogP contribution in [0.5, 0.6) is 0 Å². The van der Waals surface area contributed by atoms with E-state index in [0.29, 0.717) is 6.42 Å². The third-order valence-electron chi connectivity index (χ3n) is 2.89. The molecule has 8 heteroatoms. The summed E-state index contributed by atoms with van der Waals surface area (Å²) in [7, 11) is 0. The van der Waals surface area contributed by atoms with Gasteiger partial charge in [0.05, 0.1) is 12.4 Å². The van der Waals surface area contributed by atoms with Gasteiger partial charge in [0.15, 0.2) is 17.0 Å². The van der Waals surface area contributed by atoms with Crippen molar-refractivity contribution in [2.24, 2.45) is 0 Å². The Balaban J connectivity index is 2.10. The summed E-state index contributed by atoms with van der Waals surface area (Å²) in [6.07, 6.45) is 1.04. The number of aromatic nitrogens is 4. The normalized spacial score (nSPS) is 23.1. The van der Waals surface area contributed by atoms with Crippen LogP contribution >= 0.6 is 11.6 Å².